The largest absolute Gasteiger partial charge is 0.378 e. The van der Waals surface area contributed by atoms with Crippen LogP contribution in [0, 0.1) is 0 Å². The van der Waals surface area contributed by atoms with E-state index in [-0.39, 0.29) is 0 Å². The van der Waals surface area contributed by atoms with E-state index in [2.05, 4.69) is 33.2 Å². The Bertz CT molecular complexity index is 514. The second-order valence-electron chi connectivity index (χ2n) is 6.48. The minimum absolute atomic E-state index is 0.519. The van der Waals surface area contributed by atoms with Gasteiger partial charge in [-0.05, 0) is 12.5 Å². The molecule has 0 aromatic carbocycles. The lowest BCUT2D eigenvalue weighted by molar-refractivity contribution is 0.122. The highest BCUT2D eigenvalue weighted by molar-refractivity contribution is 5.77. The van der Waals surface area contributed by atoms with Crippen LogP contribution in [0.2, 0.25) is 0 Å². The van der Waals surface area contributed by atoms with E-state index in [4.69, 9.17) is 10.5 Å². The first-order valence-electron chi connectivity index (χ1n) is 9.61. The third-order valence-electron chi connectivity index (χ3n) is 4.43. The fourth-order valence-electron chi connectivity index (χ4n) is 2.96. The number of pyridine rings is 1. The van der Waals surface area contributed by atoms with E-state index in [0.717, 1.165) is 50.7 Å². The Morgan fingerprint density at radius 1 is 1.24 bits per heavy atom. The minimum atomic E-state index is 0.519. The molecule has 0 bridgehead atoms. The van der Waals surface area contributed by atoms with Crippen molar-refractivity contribution in [1.82, 2.24) is 10.3 Å². The third kappa shape index (κ3) is 7.30. The van der Waals surface area contributed by atoms with Gasteiger partial charge < -0.3 is 20.7 Å². The molecule has 6 heteroatoms. The second kappa shape index (κ2) is 11.7. The molecular weight excluding hydrogens is 314 g/mol. The fourth-order valence-corrected chi connectivity index (χ4v) is 2.96. The van der Waals surface area contributed by atoms with Gasteiger partial charge in [0.1, 0.15) is 5.82 Å². The van der Waals surface area contributed by atoms with Crippen molar-refractivity contribution < 1.29 is 4.74 Å². The van der Waals surface area contributed by atoms with Gasteiger partial charge in [-0.2, -0.15) is 0 Å². The monoisotopic (exact) mass is 347 g/mol. The van der Waals surface area contributed by atoms with E-state index in [9.17, 15) is 0 Å². The Kier molecular flexibility index (Phi) is 9.12. The van der Waals surface area contributed by atoms with E-state index >= 15 is 0 Å². The number of unbranched alkanes of at least 4 members (excludes halogenated alkanes) is 5. The normalized spacial score (nSPS) is 15.4. The maximum absolute atomic E-state index is 6.00. The molecule has 1 aliphatic heterocycles. The highest BCUT2D eigenvalue weighted by Gasteiger charge is 2.15. The summed E-state index contributed by atoms with van der Waals surface area (Å²) in [6.07, 6.45) is 9.51. The molecular formula is C19H33N5O. The number of morpholine rings is 1. The van der Waals surface area contributed by atoms with Crippen molar-refractivity contribution >= 4 is 11.8 Å². The number of hydrogen-bond donors (Lipinski definition) is 2. The van der Waals surface area contributed by atoms with Gasteiger partial charge in [-0.3, -0.25) is 0 Å². The molecule has 6 nitrogen and oxygen atoms in total. The van der Waals surface area contributed by atoms with E-state index in [1.54, 1.807) is 0 Å². The Morgan fingerprint density at radius 3 is 2.80 bits per heavy atom. The third-order valence-corrected chi connectivity index (χ3v) is 4.43. The molecule has 1 aromatic rings. The molecule has 1 aromatic heterocycles. The average Bonchev–Trinajstić information content (AvgIpc) is 2.66. The zero-order valence-corrected chi connectivity index (χ0v) is 15.5. The predicted molar refractivity (Wildman–Crippen MR) is 104 cm³/mol. The lowest BCUT2D eigenvalue weighted by atomic mass is 10.1. The van der Waals surface area contributed by atoms with Gasteiger partial charge in [0.15, 0.2) is 5.96 Å². The molecule has 25 heavy (non-hydrogen) atoms. The van der Waals surface area contributed by atoms with Crippen LogP contribution >= 0.6 is 0 Å². The summed E-state index contributed by atoms with van der Waals surface area (Å²) >= 11 is 0. The standard InChI is InChI=1S/C19H33N5O/c1-2-3-4-5-6-7-10-22-19(20)23-16-17-9-8-11-21-18(17)24-12-14-25-15-13-24/h8-9,11H,2-7,10,12-16H2,1H3,(H3,20,22,23). The summed E-state index contributed by atoms with van der Waals surface area (Å²) in [6, 6.07) is 4.02. The van der Waals surface area contributed by atoms with Crippen LogP contribution in [0.3, 0.4) is 0 Å². The van der Waals surface area contributed by atoms with Gasteiger partial charge in [0, 0.05) is 31.4 Å². The highest BCUT2D eigenvalue weighted by Crippen LogP contribution is 2.19. The van der Waals surface area contributed by atoms with Crippen LogP contribution in [0.4, 0.5) is 5.82 Å². The Balaban J connectivity index is 1.74. The van der Waals surface area contributed by atoms with Crippen LogP contribution in [-0.4, -0.2) is 43.8 Å². The Labute approximate surface area is 151 Å². The van der Waals surface area contributed by atoms with E-state index < -0.39 is 0 Å². The lowest BCUT2D eigenvalue weighted by Gasteiger charge is -2.29. The molecule has 0 saturated carbocycles. The zero-order valence-electron chi connectivity index (χ0n) is 15.5. The molecule has 0 radical (unpaired) electrons. The molecule has 1 fully saturated rings. The van der Waals surface area contributed by atoms with Crippen molar-refractivity contribution in [2.45, 2.75) is 52.0 Å². The number of guanidine groups is 1. The van der Waals surface area contributed by atoms with E-state index in [1.807, 2.05) is 12.3 Å². The van der Waals surface area contributed by atoms with Crippen LogP contribution in [0.15, 0.2) is 23.3 Å². The molecule has 0 spiro atoms. The molecule has 140 valence electrons. The van der Waals surface area contributed by atoms with E-state index in [1.165, 1.54) is 32.1 Å². The van der Waals surface area contributed by atoms with Crippen LogP contribution in [0.25, 0.3) is 0 Å². The topological polar surface area (TPSA) is 75.8 Å². The number of anilines is 1. The lowest BCUT2D eigenvalue weighted by Crippen LogP contribution is -2.37. The average molecular weight is 348 g/mol. The predicted octanol–water partition coefficient (Wildman–Crippen LogP) is 2.68. The first-order chi connectivity index (χ1) is 12.3. The molecule has 3 N–H and O–H groups in total. The van der Waals surface area contributed by atoms with Crippen molar-refractivity contribution in [3.05, 3.63) is 23.9 Å². The summed E-state index contributed by atoms with van der Waals surface area (Å²) < 4.78 is 5.42. The van der Waals surface area contributed by atoms with Crippen LogP contribution in [0.1, 0.15) is 51.0 Å². The summed E-state index contributed by atoms with van der Waals surface area (Å²) in [7, 11) is 0. The number of rotatable bonds is 10. The molecule has 0 unspecified atom stereocenters. The summed E-state index contributed by atoms with van der Waals surface area (Å²) in [5.74, 6) is 1.52. The highest BCUT2D eigenvalue weighted by atomic mass is 16.5. The van der Waals surface area contributed by atoms with Crippen LogP contribution in [-0.2, 0) is 11.3 Å². The van der Waals surface area contributed by atoms with E-state index in [0.29, 0.717) is 12.5 Å². The summed E-state index contributed by atoms with van der Waals surface area (Å²) in [5.41, 5.74) is 7.10. The molecule has 2 rings (SSSR count). The molecule has 0 aliphatic carbocycles. The molecule has 0 amide bonds. The molecule has 1 saturated heterocycles. The van der Waals surface area contributed by atoms with Crippen molar-refractivity contribution in [3.63, 3.8) is 0 Å². The van der Waals surface area contributed by atoms with Gasteiger partial charge in [0.2, 0.25) is 0 Å². The van der Waals surface area contributed by atoms with Crippen molar-refractivity contribution in [1.29, 1.82) is 0 Å². The number of ether oxygens (including phenoxy) is 1. The summed E-state index contributed by atoms with van der Waals surface area (Å²) in [6.45, 7) is 6.94. The van der Waals surface area contributed by atoms with Crippen LogP contribution < -0.4 is 16.0 Å². The summed E-state index contributed by atoms with van der Waals surface area (Å²) in [4.78, 5) is 11.3. The number of aliphatic imine (C=N–C) groups is 1. The number of nitrogens with two attached hydrogens (primary N) is 1. The molecule has 0 atom stereocenters. The SMILES string of the molecule is CCCCCCCCNC(N)=NCc1cccnc1N1CCOCC1. The second-order valence-corrected chi connectivity index (χ2v) is 6.48. The molecule has 2 heterocycles. The minimum Gasteiger partial charge on any atom is -0.378 e. The van der Waals surface area contributed by atoms with Gasteiger partial charge in [-0.1, -0.05) is 45.1 Å². The quantitative estimate of drug-likeness (QED) is 0.387. The maximum Gasteiger partial charge on any atom is 0.188 e. The first kappa shape index (κ1) is 19.5. The first-order valence-corrected chi connectivity index (χ1v) is 9.61. The fraction of sp³-hybridized carbons (Fsp3) is 0.684. The smallest absolute Gasteiger partial charge is 0.188 e. The van der Waals surface area contributed by atoms with Gasteiger partial charge in [0.05, 0.1) is 19.8 Å². The number of aromatic nitrogens is 1. The van der Waals surface area contributed by atoms with Crippen molar-refractivity contribution in [3.8, 4) is 0 Å². The Hall–Kier alpha value is -1.82. The Morgan fingerprint density at radius 2 is 2.00 bits per heavy atom. The van der Waals surface area contributed by atoms with Gasteiger partial charge in [-0.25, -0.2) is 9.98 Å². The van der Waals surface area contributed by atoms with Crippen molar-refractivity contribution in [2.75, 3.05) is 37.7 Å². The number of nitrogens with zero attached hydrogens (tertiary/aromatic N) is 3. The van der Waals surface area contributed by atoms with Gasteiger partial charge >= 0.3 is 0 Å². The van der Waals surface area contributed by atoms with Crippen molar-refractivity contribution in [2.24, 2.45) is 10.7 Å². The van der Waals surface area contributed by atoms with Crippen LogP contribution in [0.5, 0.6) is 0 Å². The number of hydrogen-bond acceptors (Lipinski definition) is 4. The van der Waals surface area contributed by atoms with Gasteiger partial charge in [-0.15, -0.1) is 0 Å². The maximum atomic E-state index is 6.00. The molecule has 1 aliphatic rings. The summed E-state index contributed by atoms with van der Waals surface area (Å²) in [5, 5.41) is 3.22. The zero-order chi connectivity index (χ0) is 17.7. The number of nitrogens with one attached hydrogen (secondary N) is 1. The van der Waals surface area contributed by atoms with Gasteiger partial charge in [0.25, 0.3) is 0 Å².